The second-order valence-corrected chi connectivity index (χ2v) is 7.06. The molecule has 2 heterocycles. The van der Waals surface area contributed by atoms with Gasteiger partial charge in [0.1, 0.15) is 0 Å². The van der Waals surface area contributed by atoms with Crippen LogP contribution in [0.5, 0.6) is 0 Å². The van der Waals surface area contributed by atoms with E-state index in [0.29, 0.717) is 16.4 Å². The van der Waals surface area contributed by atoms with E-state index < -0.39 is 0 Å². The lowest BCUT2D eigenvalue weighted by Crippen LogP contribution is -2.33. The van der Waals surface area contributed by atoms with Crippen LogP contribution in [0.2, 0.25) is 0 Å². The predicted molar refractivity (Wildman–Crippen MR) is 94.6 cm³/mol. The maximum atomic E-state index is 12.2. The summed E-state index contributed by atoms with van der Waals surface area (Å²) in [7, 11) is 0. The highest BCUT2D eigenvalue weighted by Crippen LogP contribution is 2.21. The van der Waals surface area contributed by atoms with Gasteiger partial charge in [-0.3, -0.25) is 15.0 Å². The van der Waals surface area contributed by atoms with Gasteiger partial charge in [0.15, 0.2) is 5.13 Å². The summed E-state index contributed by atoms with van der Waals surface area (Å²) >= 11 is 1.47. The molecule has 3 N–H and O–H groups in total. The highest BCUT2D eigenvalue weighted by Gasteiger charge is 2.17. The molecule has 1 aromatic carbocycles. The van der Waals surface area contributed by atoms with E-state index in [2.05, 4.69) is 22.1 Å². The number of benzene rings is 1. The third-order valence-electron chi connectivity index (χ3n) is 4.07. The zero-order chi connectivity index (χ0) is 16.2. The Balaban J connectivity index is 1.58. The quantitative estimate of drug-likeness (QED) is 0.845. The molecule has 23 heavy (non-hydrogen) atoms. The molecular weight excluding hydrogens is 308 g/mol. The summed E-state index contributed by atoms with van der Waals surface area (Å²) in [5.41, 5.74) is 7.89. The van der Waals surface area contributed by atoms with Crippen LogP contribution in [0.1, 0.15) is 35.8 Å². The van der Waals surface area contributed by atoms with Crippen molar-refractivity contribution in [3.8, 4) is 0 Å². The second kappa shape index (κ2) is 7.10. The summed E-state index contributed by atoms with van der Waals surface area (Å²) in [5.74, 6) is 0.601. The SMILES string of the molecule is CC1CCCN(Cc2csc(NC(=O)c3ccc(N)cc3)n2)C1. The van der Waals surface area contributed by atoms with E-state index in [1.165, 1.54) is 24.2 Å². The van der Waals surface area contributed by atoms with Crippen molar-refractivity contribution in [1.29, 1.82) is 0 Å². The lowest BCUT2D eigenvalue weighted by molar-refractivity contribution is 0.102. The number of nitrogen functional groups attached to an aromatic ring is 1. The van der Waals surface area contributed by atoms with Gasteiger partial charge in [-0.05, 0) is 49.6 Å². The Kier molecular flexibility index (Phi) is 4.93. The van der Waals surface area contributed by atoms with Crippen molar-refractivity contribution in [2.75, 3.05) is 24.1 Å². The number of anilines is 2. The first-order valence-corrected chi connectivity index (χ1v) is 8.82. The Morgan fingerprint density at radius 3 is 2.96 bits per heavy atom. The minimum Gasteiger partial charge on any atom is -0.399 e. The zero-order valence-corrected chi connectivity index (χ0v) is 14.1. The average molecular weight is 330 g/mol. The maximum Gasteiger partial charge on any atom is 0.257 e. The van der Waals surface area contributed by atoms with Gasteiger partial charge in [-0.25, -0.2) is 4.98 Å². The monoisotopic (exact) mass is 330 g/mol. The molecule has 0 spiro atoms. The number of amides is 1. The molecule has 2 aromatic rings. The van der Waals surface area contributed by atoms with Gasteiger partial charge in [0.05, 0.1) is 5.69 Å². The van der Waals surface area contributed by atoms with E-state index in [0.717, 1.165) is 31.2 Å². The number of nitrogens with one attached hydrogen (secondary N) is 1. The lowest BCUT2D eigenvalue weighted by Gasteiger charge is -2.30. The fourth-order valence-electron chi connectivity index (χ4n) is 2.90. The minimum absolute atomic E-state index is 0.155. The van der Waals surface area contributed by atoms with Crippen molar-refractivity contribution in [1.82, 2.24) is 9.88 Å². The predicted octanol–water partition coefficient (Wildman–Crippen LogP) is 3.21. The Labute approximate surface area is 140 Å². The number of carbonyl (C=O) groups excluding carboxylic acids is 1. The lowest BCUT2D eigenvalue weighted by atomic mass is 10.0. The number of carbonyl (C=O) groups is 1. The largest absolute Gasteiger partial charge is 0.399 e. The molecule has 1 amide bonds. The molecule has 1 saturated heterocycles. The number of thiazole rings is 1. The number of likely N-dealkylation sites (tertiary alicyclic amines) is 1. The van der Waals surface area contributed by atoms with Crippen molar-refractivity contribution in [2.24, 2.45) is 5.92 Å². The van der Waals surface area contributed by atoms with Gasteiger partial charge in [0.25, 0.3) is 5.91 Å². The third kappa shape index (κ3) is 4.30. The molecule has 0 aliphatic carbocycles. The van der Waals surface area contributed by atoms with Crippen LogP contribution in [-0.2, 0) is 6.54 Å². The fraction of sp³-hybridized carbons (Fsp3) is 0.412. The Morgan fingerprint density at radius 1 is 1.43 bits per heavy atom. The minimum atomic E-state index is -0.155. The smallest absolute Gasteiger partial charge is 0.257 e. The first-order chi connectivity index (χ1) is 11.1. The molecule has 6 heteroatoms. The van der Waals surface area contributed by atoms with Crippen LogP contribution in [0.4, 0.5) is 10.8 Å². The van der Waals surface area contributed by atoms with Crippen molar-refractivity contribution in [3.05, 3.63) is 40.9 Å². The van der Waals surface area contributed by atoms with E-state index in [1.807, 2.05) is 5.38 Å². The topological polar surface area (TPSA) is 71.2 Å². The van der Waals surface area contributed by atoms with E-state index in [9.17, 15) is 4.79 Å². The molecule has 1 fully saturated rings. The molecule has 3 rings (SSSR count). The molecule has 1 aromatic heterocycles. The van der Waals surface area contributed by atoms with Crippen LogP contribution in [0.3, 0.4) is 0 Å². The summed E-state index contributed by atoms with van der Waals surface area (Å²) in [6, 6.07) is 6.88. The summed E-state index contributed by atoms with van der Waals surface area (Å²) in [4.78, 5) is 19.1. The average Bonchev–Trinajstić information content (AvgIpc) is 2.95. The first-order valence-electron chi connectivity index (χ1n) is 7.94. The summed E-state index contributed by atoms with van der Waals surface area (Å²) in [6.07, 6.45) is 2.57. The van der Waals surface area contributed by atoms with Crippen LogP contribution in [0.15, 0.2) is 29.6 Å². The van der Waals surface area contributed by atoms with Crippen LogP contribution in [0.25, 0.3) is 0 Å². The maximum absolute atomic E-state index is 12.2. The van der Waals surface area contributed by atoms with Crippen molar-refractivity contribution in [2.45, 2.75) is 26.3 Å². The molecular formula is C17H22N4OS. The third-order valence-corrected chi connectivity index (χ3v) is 4.88. The summed E-state index contributed by atoms with van der Waals surface area (Å²) < 4.78 is 0. The van der Waals surface area contributed by atoms with Gasteiger partial charge in [-0.2, -0.15) is 0 Å². The molecule has 0 bridgehead atoms. The molecule has 122 valence electrons. The van der Waals surface area contributed by atoms with Crippen LogP contribution in [0, 0.1) is 5.92 Å². The number of nitrogens with zero attached hydrogens (tertiary/aromatic N) is 2. The molecule has 1 aliphatic heterocycles. The van der Waals surface area contributed by atoms with E-state index in [-0.39, 0.29) is 5.91 Å². The van der Waals surface area contributed by atoms with Crippen LogP contribution in [-0.4, -0.2) is 28.9 Å². The number of nitrogens with two attached hydrogens (primary N) is 1. The molecule has 5 nitrogen and oxygen atoms in total. The second-order valence-electron chi connectivity index (χ2n) is 6.20. The highest BCUT2D eigenvalue weighted by molar-refractivity contribution is 7.13. The molecule has 0 saturated carbocycles. The molecule has 1 atom stereocenters. The van der Waals surface area contributed by atoms with Gasteiger partial charge in [0.2, 0.25) is 0 Å². The highest BCUT2D eigenvalue weighted by atomic mass is 32.1. The Morgan fingerprint density at radius 2 is 2.22 bits per heavy atom. The normalized spacial score (nSPS) is 18.7. The summed E-state index contributed by atoms with van der Waals surface area (Å²) in [6.45, 7) is 5.42. The van der Waals surface area contributed by atoms with Crippen molar-refractivity contribution >= 4 is 28.1 Å². The van der Waals surface area contributed by atoms with Crippen molar-refractivity contribution < 1.29 is 4.79 Å². The van der Waals surface area contributed by atoms with Crippen LogP contribution >= 0.6 is 11.3 Å². The van der Waals surface area contributed by atoms with Gasteiger partial charge in [-0.15, -0.1) is 11.3 Å². The first kappa shape index (κ1) is 16.0. The number of hydrogen-bond acceptors (Lipinski definition) is 5. The fourth-order valence-corrected chi connectivity index (χ4v) is 3.60. The molecule has 1 aliphatic rings. The van der Waals surface area contributed by atoms with E-state index >= 15 is 0 Å². The van der Waals surface area contributed by atoms with Gasteiger partial charge in [0, 0.05) is 29.7 Å². The van der Waals surface area contributed by atoms with Crippen molar-refractivity contribution in [3.63, 3.8) is 0 Å². The number of piperidine rings is 1. The zero-order valence-electron chi connectivity index (χ0n) is 13.3. The number of aromatic nitrogens is 1. The Bertz CT molecular complexity index is 667. The number of rotatable bonds is 4. The van der Waals surface area contributed by atoms with E-state index in [4.69, 9.17) is 5.73 Å². The van der Waals surface area contributed by atoms with Gasteiger partial charge in [-0.1, -0.05) is 6.92 Å². The standard InChI is InChI=1S/C17H22N4OS/c1-12-3-2-8-21(9-12)10-15-11-23-17(19-15)20-16(22)13-4-6-14(18)7-5-13/h4-7,11-12H,2-3,8-10,18H2,1H3,(H,19,20,22). The van der Waals surface area contributed by atoms with Gasteiger partial charge >= 0.3 is 0 Å². The summed E-state index contributed by atoms with van der Waals surface area (Å²) in [5, 5.41) is 5.52. The molecule has 0 radical (unpaired) electrons. The van der Waals surface area contributed by atoms with Gasteiger partial charge < -0.3 is 5.73 Å². The Hall–Kier alpha value is -1.92. The van der Waals surface area contributed by atoms with E-state index in [1.54, 1.807) is 24.3 Å². The van der Waals surface area contributed by atoms with Crippen LogP contribution < -0.4 is 11.1 Å². The molecule has 1 unspecified atom stereocenters. The number of hydrogen-bond donors (Lipinski definition) is 2.